The first kappa shape index (κ1) is 11.7. The Balaban J connectivity index is 1.64. The van der Waals surface area contributed by atoms with Gasteiger partial charge >= 0.3 is 0 Å². The monoisotopic (exact) mass is 248 g/mol. The topological polar surface area (TPSA) is 32.3 Å². The Morgan fingerprint density at radius 2 is 1.94 bits per heavy atom. The molecule has 2 aliphatic rings. The quantitative estimate of drug-likeness (QED) is 0.848. The van der Waals surface area contributed by atoms with Crippen LogP contribution in [0.2, 0.25) is 0 Å². The number of fused-ring (bicyclic) bond motifs is 1. The molecule has 2 atom stereocenters. The first-order chi connectivity index (χ1) is 8.74. The van der Waals surface area contributed by atoms with Crippen molar-refractivity contribution in [3.05, 3.63) is 35.6 Å². The molecule has 0 aliphatic carbocycles. The van der Waals surface area contributed by atoms with Crippen molar-refractivity contribution in [2.45, 2.75) is 6.42 Å². The van der Waals surface area contributed by atoms with Gasteiger partial charge in [0.2, 0.25) is 5.91 Å². The SMILES string of the molecule is O=C(Cc1ccccc1F)N1CC2CNCC2C1. The molecule has 1 amide bonds. The van der Waals surface area contributed by atoms with Gasteiger partial charge in [0.1, 0.15) is 5.82 Å². The van der Waals surface area contributed by atoms with Crippen molar-refractivity contribution in [2.24, 2.45) is 11.8 Å². The molecule has 0 bridgehead atoms. The second kappa shape index (κ2) is 4.69. The fourth-order valence-corrected chi connectivity index (χ4v) is 2.98. The number of carbonyl (C=O) groups excluding carboxylic acids is 1. The van der Waals surface area contributed by atoms with Gasteiger partial charge in [0.15, 0.2) is 0 Å². The van der Waals surface area contributed by atoms with Crippen LogP contribution in [0.3, 0.4) is 0 Å². The predicted molar refractivity (Wildman–Crippen MR) is 66.5 cm³/mol. The van der Waals surface area contributed by atoms with Gasteiger partial charge in [-0.15, -0.1) is 0 Å². The van der Waals surface area contributed by atoms with E-state index in [0.717, 1.165) is 26.2 Å². The van der Waals surface area contributed by atoms with E-state index in [1.807, 2.05) is 4.90 Å². The molecule has 0 spiro atoms. The summed E-state index contributed by atoms with van der Waals surface area (Å²) in [7, 11) is 0. The lowest BCUT2D eigenvalue weighted by molar-refractivity contribution is -0.129. The van der Waals surface area contributed by atoms with Crippen LogP contribution >= 0.6 is 0 Å². The molecule has 0 radical (unpaired) electrons. The number of carbonyl (C=O) groups is 1. The number of benzene rings is 1. The summed E-state index contributed by atoms with van der Waals surface area (Å²) in [5, 5.41) is 3.34. The highest BCUT2D eigenvalue weighted by Crippen LogP contribution is 2.26. The van der Waals surface area contributed by atoms with E-state index >= 15 is 0 Å². The highest BCUT2D eigenvalue weighted by atomic mass is 19.1. The average Bonchev–Trinajstić information content (AvgIpc) is 2.92. The molecule has 2 aliphatic heterocycles. The second-order valence-corrected chi connectivity index (χ2v) is 5.25. The molecule has 3 rings (SSSR count). The summed E-state index contributed by atoms with van der Waals surface area (Å²) in [6.07, 6.45) is 0.180. The Bertz CT molecular complexity index is 451. The maximum atomic E-state index is 13.5. The fourth-order valence-electron chi connectivity index (χ4n) is 2.98. The van der Waals surface area contributed by atoms with Crippen molar-refractivity contribution in [3.8, 4) is 0 Å². The molecular formula is C14H17FN2O. The zero-order valence-corrected chi connectivity index (χ0v) is 10.2. The number of amides is 1. The second-order valence-electron chi connectivity index (χ2n) is 5.25. The maximum Gasteiger partial charge on any atom is 0.227 e. The zero-order valence-electron chi connectivity index (χ0n) is 10.2. The van der Waals surface area contributed by atoms with Gasteiger partial charge in [-0.05, 0) is 23.5 Å². The Morgan fingerprint density at radius 1 is 1.28 bits per heavy atom. The van der Waals surface area contributed by atoms with E-state index in [1.165, 1.54) is 6.07 Å². The third-order valence-corrected chi connectivity index (χ3v) is 4.04. The third kappa shape index (κ3) is 2.12. The highest BCUT2D eigenvalue weighted by Gasteiger charge is 2.37. The predicted octanol–water partition coefficient (Wildman–Crippen LogP) is 1.05. The third-order valence-electron chi connectivity index (χ3n) is 4.04. The van der Waals surface area contributed by atoms with Crippen LogP contribution < -0.4 is 5.32 Å². The molecule has 1 N–H and O–H groups in total. The number of hydrogen-bond donors (Lipinski definition) is 1. The molecule has 0 aromatic heterocycles. The molecule has 2 unspecified atom stereocenters. The van der Waals surface area contributed by atoms with Crippen LogP contribution in [0.25, 0.3) is 0 Å². The molecule has 18 heavy (non-hydrogen) atoms. The van der Waals surface area contributed by atoms with Crippen LogP contribution in [-0.4, -0.2) is 37.0 Å². The van der Waals surface area contributed by atoms with Gasteiger partial charge in [-0.3, -0.25) is 4.79 Å². The van der Waals surface area contributed by atoms with Crippen molar-refractivity contribution in [1.82, 2.24) is 10.2 Å². The van der Waals surface area contributed by atoms with Crippen molar-refractivity contribution >= 4 is 5.91 Å². The summed E-state index contributed by atoms with van der Waals surface area (Å²) in [6, 6.07) is 6.51. The van der Waals surface area contributed by atoms with E-state index in [4.69, 9.17) is 0 Å². The molecule has 2 fully saturated rings. The molecule has 2 saturated heterocycles. The van der Waals surface area contributed by atoms with E-state index in [1.54, 1.807) is 18.2 Å². The molecule has 1 aromatic rings. The van der Waals surface area contributed by atoms with Crippen LogP contribution in [0.15, 0.2) is 24.3 Å². The smallest absolute Gasteiger partial charge is 0.227 e. The molecule has 0 saturated carbocycles. The lowest BCUT2D eigenvalue weighted by atomic mass is 10.0. The molecule has 2 heterocycles. The largest absolute Gasteiger partial charge is 0.342 e. The summed E-state index contributed by atoms with van der Waals surface area (Å²) >= 11 is 0. The molecule has 1 aromatic carbocycles. The van der Waals surface area contributed by atoms with Crippen molar-refractivity contribution in [1.29, 1.82) is 0 Å². The van der Waals surface area contributed by atoms with Crippen molar-refractivity contribution in [2.75, 3.05) is 26.2 Å². The van der Waals surface area contributed by atoms with Gasteiger partial charge in [-0.2, -0.15) is 0 Å². The Morgan fingerprint density at radius 3 is 2.61 bits per heavy atom. The average molecular weight is 248 g/mol. The van der Waals surface area contributed by atoms with Crippen LogP contribution in [0, 0.1) is 17.7 Å². The van der Waals surface area contributed by atoms with Gasteiger partial charge in [0.05, 0.1) is 6.42 Å². The number of likely N-dealkylation sites (tertiary alicyclic amines) is 1. The number of nitrogens with one attached hydrogen (secondary N) is 1. The molecular weight excluding hydrogens is 231 g/mol. The van der Waals surface area contributed by atoms with Crippen LogP contribution in [-0.2, 0) is 11.2 Å². The normalized spacial score (nSPS) is 26.4. The Labute approximate surface area is 106 Å². The minimum atomic E-state index is -0.285. The molecule has 4 heteroatoms. The number of rotatable bonds is 2. The van der Waals surface area contributed by atoms with Gasteiger partial charge < -0.3 is 10.2 Å². The molecule has 3 nitrogen and oxygen atoms in total. The first-order valence-electron chi connectivity index (χ1n) is 6.46. The standard InChI is InChI=1S/C14H17FN2O/c15-13-4-2-1-3-10(13)5-14(18)17-8-11-6-16-7-12(11)9-17/h1-4,11-12,16H,5-9H2. The van der Waals surface area contributed by atoms with Gasteiger partial charge in [0.25, 0.3) is 0 Å². The van der Waals surface area contributed by atoms with Gasteiger partial charge in [-0.25, -0.2) is 4.39 Å². The van der Waals surface area contributed by atoms with E-state index in [2.05, 4.69) is 5.32 Å². The van der Waals surface area contributed by atoms with Crippen LogP contribution in [0.1, 0.15) is 5.56 Å². The van der Waals surface area contributed by atoms with Gasteiger partial charge in [-0.1, -0.05) is 18.2 Å². The van der Waals surface area contributed by atoms with E-state index in [-0.39, 0.29) is 18.1 Å². The van der Waals surface area contributed by atoms with E-state index in [9.17, 15) is 9.18 Å². The summed E-state index contributed by atoms with van der Waals surface area (Å²) in [5.41, 5.74) is 0.498. The van der Waals surface area contributed by atoms with E-state index < -0.39 is 0 Å². The summed E-state index contributed by atoms with van der Waals surface area (Å²) in [4.78, 5) is 14.0. The lowest BCUT2D eigenvalue weighted by Gasteiger charge is -2.17. The molecule has 96 valence electrons. The minimum absolute atomic E-state index is 0.0505. The maximum absolute atomic E-state index is 13.5. The van der Waals surface area contributed by atoms with Crippen molar-refractivity contribution < 1.29 is 9.18 Å². The zero-order chi connectivity index (χ0) is 12.5. The van der Waals surface area contributed by atoms with Crippen LogP contribution in [0.5, 0.6) is 0 Å². The van der Waals surface area contributed by atoms with Crippen LogP contribution in [0.4, 0.5) is 4.39 Å². The Hall–Kier alpha value is -1.42. The van der Waals surface area contributed by atoms with Crippen molar-refractivity contribution in [3.63, 3.8) is 0 Å². The highest BCUT2D eigenvalue weighted by molar-refractivity contribution is 5.79. The number of halogens is 1. The summed E-state index contributed by atoms with van der Waals surface area (Å²) in [6.45, 7) is 3.66. The first-order valence-corrected chi connectivity index (χ1v) is 6.46. The summed E-state index contributed by atoms with van der Waals surface area (Å²) in [5.74, 6) is 0.950. The van der Waals surface area contributed by atoms with Gasteiger partial charge in [0, 0.05) is 26.2 Å². The summed E-state index contributed by atoms with van der Waals surface area (Å²) < 4.78 is 13.5. The fraction of sp³-hybridized carbons (Fsp3) is 0.500. The van der Waals surface area contributed by atoms with E-state index in [0.29, 0.717) is 17.4 Å². The lowest BCUT2D eigenvalue weighted by Crippen LogP contribution is -2.33. The number of hydrogen-bond acceptors (Lipinski definition) is 2. The number of nitrogens with zero attached hydrogens (tertiary/aromatic N) is 1. The Kier molecular flexibility index (Phi) is 3.04. The minimum Gasteiger partial charge on any atom is -0.342 e.